The molecule has 1 rings (SSSR count). The minimum absolute atomic E-state index is 0.127. The predicted octanol–water partition coefficient (Wildman–Crippen LogP) is 3.41. The highest BCUT2D eigenvalue weighted by atomic mass is 32.2. The fraction of sp³-hybridized carbons (Fsp3) is 1.00. The van der Waals surface area contributed by atoms with Crippen LogP contribution in [0.2, 0.25) is 0 Å². The monoisotopic (exact) mass is 304 g/mol. The molecule has 0 aromatic carbocycles. The Hall–Kier alpha value is -0.0900. The highest BCUT2D eigenvalue weighted by Crippen LogP contribution is 2.42. The standard InChI is InChI=1S/C16H32O3S/c1-12-7-8-13(14(17)11-12)16(5,6)9-10-20(18,19)15(2,3)4/h12-14,17H,7-11H2,1-6H3. The molecule has 1 aliphatic carbocycles. The molecule has 20 heavy (non-hydrogen) atoms. The molecule has 1 N–H and O–H groups in total. The van der Waals surface area contributed by atoms with Gasteiger partial charge in [-0.25, -0.2) is 8.42 Å². The molecule has 0 radical (unpaired) electrons. The SMILES string of the molecule is CC1CCC(C(C)(C)CCS(=O)(=O)C(C)(C)C)C(O)C1. The van der Waals surface area contributed by atoms with E-state index in [9.17, 15) is 13.5 Å². The summed E-state index contributed by atoms with van der Waals surface area (Å²) in [7, 11) is -3.08. The van der Waals surface area contributed by atoms with E-state index in [1.54, 1.807) is 20.8 Å². The van der Waals surface area contributed by atoms with E-state index in [1.807, 2.05) is 0 Å². The summed E-state index contributed by atoms with van der Waals surface area (Å²) in [6, 6.07) is 0. The maximum absolute atomic E-state index is 12.3. The van der Waals surface area contributed by atoms with Crippen molar-refractivity contribution in [1.29, 1.82) is 0 Å². The van der Waals surface area contributed by atoms with Crippen molar-refractivity contribution in [3.63, 3.8) is 0 Å². The lowest BCUT2D eigenvalue weighted by Crippen LogP contribution is -2.40. The quantitative estimate of drug-likeness (QED) is 0.866. The Bertz CT molecular complexity index is 417. The van der Waals surface area contributed by atoms with Crippen molar-refractivity contribution in [2.24, 2.45) is 17.3 Å². The summed E-state index contributed by atoms with van der Waals surface area (Å²) in [4.78, 5) is 0. The highest BCUT2D eigenvalue weighted by molar-refractivity contribution is 7.92. The Balaban J connectivity index is 2.71. The molecule has 1 aliphatic rings. The number of hydrogen-bond donors (Lipinski definition) is 1. The third-order valence-electron chi connectivity index (χ3n) is 5.03. The lowest BCUT2D eigenvalue weighted by atomic mass is 9.66. The van der Waals surface area contributed by atoms with E-state index < -0.39 is 14.6 Å². The maximum Gasteiger partial charge on any atom is 0.155 e. The Labute approximate surface area is 125 Å². The van der Waals surface area contributed by atoms with Crippen LogP contribution in [0.1, 0.15) is 67.2 Å². The predicted molar refractivity (Wildman–Crippen MR) is 84.4 cm³/mol. The van der Waals surface area contributed by atoms with Crippen LogP contribution in [0.15, 0.2) is 0 Å². The molecule has 4 heteroatoms. The molecule has 3 atom stereocenters. The van der Waals surface area contributed by atoms with Crippen molar-refractivity contribution >= 4 is 9.84 Å². The summed E-state index contributed by atoms with van der Waals surface area (Å²) < 4.78 is 23.8. The first-order valence-corrected chi connectivity index (χ1v) is 9.42. The summed E-state index contributed by atoms with van der Waals surface area (Å²) in [6.45, 7) is 11.7. The van der Waals surface area contributed by atoms with Crippen LogP contribution in [0.3, 0.4) is 0 Å². The van der Waals surface area contributed by atoms with E-state index in [-0.39, 0.29) is 23.2 Å². The average molecular weight is 304 g/mol. The molecule has 120 valence electrons. The van der Waals surface area contributed by atoms with Crippen molar-refractivity contribution in [2.45, 2.75) is 78.1 Å². The molecule has 0 aliphatic heterocycles. The highest BCUT2D eigenvalue weighted by Gasteiger charge is 2.39. The molecule has 1 fully saturated rings. The van der Waals surface area contributed by atoms with Gasteiger partial charge in [-0.15, -0.1) is 0 Å². The molecule has 0 aromatic rings. The Morgan fingerprint density at radius 2 is 1.65 bits per heavy atom. The van der Waals surface area contributed by atoms with Crippen molar-refractivity contribution in [3.8, 4) is 0 Å². The first-order valence-electron chi connectivity index (χ1n) is 7.77. The zero-order valence-electron chi connectivity index (χ0n) is 13.9. The molecule has 0 amide bonds. The van der Waals surface area contributed by atoms with E-state index in [2.05, 4.69) is 20.8 Å². The van der Waals surface area contributed by atoms with Gasteiger partial charge in [-0.2, -0.15) is 0 Å². The van der Waals surface area contributed by atoms with Gasteiger partial charge in [0, 0.05) is 0 Å². The second-order valence-corrected chi connectivity index (χ2v) is 11.1. The molecule has 0 spiro atoms. The van der Waals surface area contributed by atoms with Crippen molar-refractivity contribution in [3.05, 3.63) is 0 Å². The molecule has 0 saturated heterocycles. The number of hydrogen-bond acceptors (Lipinski definition) is 3. The molecule has 0 aromatic heterocycles. The molecule has 3 nitrogen and oxygen atoms in total. The van der Waals surface area contributed by atoms with Gasteiger partial charge in [0.1, 0.15) is 0 Å². The number of rotatable bonds is 4. The first kappa shape index (κ1) is 18.0. The summed E-state index contributed by atoms with van der Waals surface area (Å²) in [5.41, 5.74) is -0.127. The number of aliphatic hydroxyl groups excluding tert-OH is 1. The Morgan fingerprint density at radius 1 is 1.10 bits per heavy atom. The fourth-order valence-corrected chi connectivity index (χ4v) is 4.56. The maximum atomic E-state index is 12.3. The van der Waals surface area contributed by atoms with Gasteiger partial charge >= 0.3 is 0 Å². The largest absolute Gasteiger partial charge is 0.393 e. The summed E-state index contributed by atoms with van der Waals surface area (Å²) in [6.07, 6.45) is 3.33. The summed E-state index contributed by atoms with van der Waals surface area (Å²) in [5.74, 6) is 1.01. The molecule has 1 saturated carbocycles. The van der Waals surface area contributed by atoms with Gasteiger partial charge in [0.25, 0.3) is 0 Å². The molecule has 0 heterocycles. The molecule has 3 unspecified atom stereocenters. The van der Waals surface area contributed by atoms with Crippen LogP contribution in [-0.4, -0.2) is 30.1 Å². The van der Waals surface area contributed by atoms with Crippen LogP contribution in [0.25, 0.3) is 0 Å². The van der Waals surface area contributed by atoms with Crippen LogP contribution in [0, 0.1) is 17.3 Å². The second-order valence-electron chi connectivity index (χ2n) is 8.26. The van der Waals surface area contributed by atoms with Crippen LogP contribution in [0.4, 0.5) is 0 Å². The van der Waals surface area contributed by atoms with Crippen LogP contribution in [0.5, 0.6) is 0 Å². The van der Waals surface area contributed by atoms with E-state index in [0.717, 1.165) is 19.3 Å². The Morgan fingerprint density at radius 3 is 2.10 bits per heavy atom. The lowest BCUT2D eigenvalue weighted by molar-refractivity contribution is -0.0138. The topological polar surface area (TPSA) is 54.4 Å². The van der Waals surface area contributed by atoms with Gasteiger partial charge in [-0.1, -0.05) is 27.2 Å². The van der Waals surface area contributed by atoms with E-state index in [1.165, 1.54) is 0 Å². The zero-order valence-corrected chi connectivity index (χ0v) is 14.8. The van der Waals surface area contributed by atoms with Crippen LogP contribution >= 0.6 is 0 Å². The van der Waals surface area contributed by atoms with Crippen molar-refractivity contribution in [1.82, 2.24) is 0 Å². The minimum atomic E-state index is -3.08. The van der Waals surface area contributed by atoms with Crippen molar-refractivity contribution < 1.29 is 13.5 Å². The number of sulfone groups is 1. The summed E-state index contributed by atoms with van der Waals surface area (Å²) >= 11 is 0. The molecule has 0 bridgehead atoms. The zero-order chi connectivity index (χ0) is 15.8. The smallest absolute Gasteiger partial charge is 0.155 e. The average Bonchev–Trinajstić information content (AvgIpc) is 2.24. The molecular formula is C16H32O3S. The first-order chi connectivity index (χ1) is 8.87. The Kier molecular flexibility index (Phi) is 5.35. The lowest BCUT2D eigenvalue weighted by Gasteiger charge is -2.42. The molecular weight excluding hydrogens is 272 g/mol. The van der Waals surface area contributed by atoms with Crippen molar-refractivity contribution in [2.75, 3.05) is 5.75 Å². The van der Waals surface area contributed by atoms with Gasteiger partial charge in [-0.05, 0) is 57.3 Å². The van der Waals surface area contributed by atoms with Gasteiger partial charge in [0.05, 0.1) is 16.6 Å². The second kappa shape index (κ2) is 5.96. The fourth-order valence-electron chi connectivity index (χ4n) is 3.15. The van der Waals surface area contributed by atoms with E-state index >= 15 is 0 Å². The van der Waals surface area contributed by atoms with Gasteiger partial charge in [-0.3, -0.25) is 0 Å². The van der Waals surface area contributed by atoms with Gasteiger partial charge in [0.15, 0.2) is 9.84 Å². The van der Waals surface area contributed by atoms with Gasteiger partial charge in [0.2, 0.25) is 0 Å². The van der Waals surface area contributed by atoms with Gasteiger partial charge < -0.3 is 5.11 Å². The van der Waals surface area contributed by atoms with Crippen LogP contribution < -0.4 is 0 Å². The minimum Gasteiger partial charge on any atom is -0.393 e. The number of aliphatic hydroxyl groups is 1. The van der Waals surface area contributed by atoms with E-state index in [0.29, 0.717) is 12.3 Å². The van der Waals surface area contributed by atoms with E-state index in [4.69, 9.17) is 0 Å². The van der Waals surface area contributed by atoms with Crippen LogP contribution in [-0.2, 0) is 9.84 Å². The third kappa shape index (κ3) is 4.20. The normalized spacial score (nSPS) is 29.4. The summed E-state index contributed by atoms with van der Waals surface area (Å²) in [5, 5.41) is 10.3. The third-order valence-corrected chi connectivity index (χ3v) is 7.64.